The number of aryl methyl sites for hydroxylation is 1. The fourth-order valence-corrected chi connectivity index (χ4v) is 3.80. The molecule has 7 heteroatoms. The number of carbonyl (C=O) groups is 3. The number of hydrogen-bond acceptors (Lipinski definition) is 4. The van der Waals surface area contributed by atoms with Crippen LogP contribution in [0.3, 0.4) is 0 Å². The number of β-lactam (4-membered cyclic amide) rings is 1. The lowest BCUT2D eigenvalue weighted by atomic mass is 9.72. The number of rotatable bonds is 9. The number of carbonyl (C=O) groups excluding carboxylic acids is 3. The van der Waals surface area contributed by atoms with E-state index in [4.69, 9.17) is 16.3 Å². The largest absolute Gasteiger partial charge is 0.347 e. The summed E-state index contributed by atoms with van der Waals surface area (Å²) in [5, 5.41) is 2.30. The summed E-state index contributed by atoms with van der Waals surface area (Å²) in [6.07, 6.45) is 1.86. The van der Waals surface area contributed by atoms with Gasteiger partial charge in [0.15, 0.2) is 6.23 Å². The highest BCUT2D eigenvalue weighted by molar-refractivity contribution is 6.63. The van der Waals surface area contributed by atoms with E-state index >= 15 is 0 Å². The normalized spacial score (nSPS) is 19.1. The van der Waals surface area contributed by atoms with Crippen molar-refractivity contribution in [3.05, 3.63) is 35.4 Å². The minimum absolute atomic E-state index is 0.209. The maximum Gasteiger partial charge on any atom is 0.326 e. The van der Waals surface area contributed by atoms with Gasteiger partial charge in [-0.3, -0.25) is 9.59 Å². The molecule has 1 aliphatic heterocycles. The van der Waals surface area contributed by atoms with Gasteiger partial charge in [0, 0.05) is 0 Å². The van der Waals surface area contributed by atoms with Crippen LogP contribution in [-0.4, -0.2) is 34.9 Å². The molecular formula is C21H29ClN2O4. The SMILES string of the molecule is CCC[C@@H](NC(=O)N1C(=O)C(CC)(CC)C1OCC(=O)Cl)c1ccc(C)cc1. The Morgan fingerprint density at radius 3 is 2.32 bits per heavy atom. The minimum Gasteiger partial charge on any atom is -0.347 e. The van der Waals surface area contributed by atoms with Gasteiger partial charge in [-0.25, -0.2) is 9.69 Å². The molecule has 1 fully saturated rings. The van der Waals surface area contributed by atoms with Crippen molar-refractivity contribution in [1.82, 2.24) is 10.2 Å². The summed E-state index contributed by atoms with van der Waals surface area (Å²) in [5.74, 6) is -0.277. The predicted octanol–water partition coefficient (Wildman–Crippen LogP) is 4.30. The standard InChI is InChI=1S/C21H29ClN2O4/c1-5-8-16(15-11-9-14(4)10-12-15)23-20(27)24-18(26)21(6-2,7-3)19(24)28-13-17(22)25/h9-12,16,19H,5-8,13H2,1-4H3,(H,23,27)/t16-,19?/m1/s1. The van der Waals surface area contributed by atoms with E-state index in [0.29, 0.717) is 12.8 Å². The van der Waals surface area contributed by atoms with Gasteiger partial charge in [-0.1, -0.05) is 57.0 Å². The second-order valence-corrected chi connectivity index (χ2v) is 7.68. The lowest BCUT2D eigenvalue weighted by Gasteiger charge is -2.53. The van der Waals surface area contributed by atoms with E-state index in [1.54, 1.807) is 0 Å². The van der Waals surface area contributed by atoms with Crippen molar-refractivity contribution in [3.63, 3.8) is 0 Å². The average Bonchev–Trinajstić information content (AvgIpc) is 2.66. The smallest absolute Gasteiger partial charge is 0.326 e. The maximum absolute atomic E-state index is 12.9. The first-order valence-corrected chi connectivity index (χ1v) is 10.2. The molecule has 1 aromatic rings. The van der Waals surface area contributed by atoms with Crippen LogP contribution in [0.1, 0.15) is 63.6 Å². The van der Waals surface area contributed by atoms with E-state index in [1.807, 2.05) is 52.0 Å². The summed E-state index contributed by atoms with van der Waals surface area (Å²) in [6, 6.07) is 7.24. The molecule has 2 rings (SSSR count). The van der Waals surface area contributed by atoms with Crippen LogP contribution in [0.4, 0.5) is 4.79 Å². The lowest BCUT2D eigenvalue weighted by Crippen LogP contribution is -2.72. The fourth-order valence-electron chi connectivity index (χ4n) is 3.74. The Morgan fingerprint density at radius 2 is 1.82 bits per heavy atom. The highest BCUT2D eigenvalue weighted by atomic mass is 35.5. The van der Waals surface area contributed by atoms with Crippen LogP contribution in [0.2, 0.25) is 0 Å². The van der Waals surface area contributed by atoms with Gasteiger partial charge in [-0.2, -0.15) is 0 Å². The second-order valence-electron chi connectivity index (χ2n) is 7.26. The Hall–Kier alpha value is -1.92. The molecule has 0 aromatic heterocycles. The number of hydrogen-bond donors (Lipinski definition) is 1. The van der Waals surface area contributed by atoms with Crippen molar-refractivity contribution in [2.24, 2.45) is 5.41 Å². The Balaban J connectivity index is 2.20. The van der Waals surface area contributed by atoms with Gasteiger partial charge in [0.05, 0.1) is 11.5 Å². The first-order chi connectivity index (χ1) is 13.3. The van der Waals surface area contributed by atoms with E-state index in [0.717, 1.165) is 28.9 Å². The number of nitrogens with zero attached hydrogens (tertiary/aromatic N) is 1. The number of ether oxygens (including phenoxy) is 1. The summed E-state index contributed by atoms with van der Waals surface area (Å²) in [6.45, 7) is 7.45. The number of imide groups is 1. The molecule has 28 heavy (non-hydrogen) atoms. The zero-order valence-electron chi connectivity index (χ0n) is 17.0. The number of likely N-dealkylation sites (tertiary alicyclic amines) is 1. The monoisotopic (exact) mass is 408 g/mol. The molecule has 1 N–H and O–H groups in total. The van der Waals surface area contributed by atoms with Crippen LogP contribution >= 0.6 is 11.6 Å². The zero-order valence-corrected chi connectivity index (χ0v) is 17.7. The van der Waals surface area contributed by atoms with E-state index in [2.05, 4.69) is 5.32 Å². The molecule has 1 aliphatic rings. The molecule has 1 heterocycles. The highest BCUT2D eigenvalue weighted by Crippen LogP contribution is 2.46. The summed E-state index contributed by atoms with van der Waals surface area (Å²) in [7, 11) is 0. The topological polar surface area (TPSA) is 75.7 Å². The molecular weight excluding hydrogens is 380 g/mol. The third-order valence-electron chi connectivity index (χ3n) is 5.54. The lowest BCUT2D eigenvalue weighted by molar-refractivity contribution is -0.209. The Bertz CT molecular complexity index is 716. The van der Waals surface area contributed by atoms with E-state index in [-0.39, 0.29) is 18.6 Å². The molecule has 3 amide bonds. The van der Waals surface area contributed by atoms with Gasteiger partial charge >= 0.3 is 6.03 Å². The Kier molecular flexibility index (Phi) is 7.61. The van der Waals surface area contributed by atoms with Crippen molar-refractivity contribution in [1.29, 1.82) is 0 Å². The van der Waals surface area contributed by atoms with Crippen LogP contribution in [0.25, 0.3) is 0 Å². The molecule has 0 saturated carbocycles. The first kappa shape index (κ1) is 22.4. The van der Waals surface area contributed by atoms with Gasteiger partial charge in [0.1, 0.15) is 6.61 Å². The molecule has 2 atom stereocenters. The van der Waals surface area contributed by atoms with Crippen LogP contribution in [0.15, 0.2) is 24.3 Å². The summed E-state index contributed by atoms with van der Waals surface area (Å²) < 4.78 is 5.57. The molecule has 0 aliphatic carbocycles. The summed E-state index contributed by atoms with van der Waals surface area (Å²) >= 11 is 5.40. The number of benzene rings is 1. The van der Waals surface area contributed by atoms with E-state index < -0.39 is 22.9 Å². The molecule has 1 unspecified atom stereocenters. The van der Waals surface area contributed by atoms with Crippen LogP contribution in [0.5, 0.6) is 0 Å². The van der Waals surface area contributed by atoms with Gasteiger partial charge < -0.3 is 10.1 Å². The molecule has 1 aromatic carbocycles. The van der Waals surface area contributed by atoms with Crippen molar-refractivity contribution < 1.29 is 19.1 Å². The average molecular weight is 409 g/mol. The maximum atomic E-state index is 12.9. The quantitative estimate of drug-likeness (QED) is 0.488. The van der Waals surface area contributed by atoms with Crippen LogP contribution in [-0.2, 0) is 14.3 Å². The number of halogens is 1. The molecule has 0 spiro atoms. The van der Waals surface area contributed by atoms with Crippen molar-refractivity contribution in [2.45, 2.75) is 65.6 Å². The van der Waals surface area contributed by atoms with Gasteiger partial charge in [0.25, 0.3) is 0 Å². The molecule has 1 saturated heterocycles. The third kappa shape index (κ3) is 4.39. The van der Waals surface area contributed by atoms with Crippen molar-refractivity contribution in [2.75, 3.05) is 6.61 Å². The minimum atomic E-state index is -0.798. The molecule has 6 nitrogen and oxygen atoms in total. The van der Waals surface area contributed by atoms with Gasteiger partial charge in [0.2, 0.25) is 11.1 Å². The van der Waals surface area contributed by atoms with Crippen molar-refractivity contribution in [3.8, 4) is 0 Å². The summed E-state index contributed by atoms with van der Waals surface area (Å²) in [5.41, 5.74) is 1.32. The molecule has 0 bridgehead atoms. The molecule has 0 radical (unpaired) electrons. The first-order valence-electron chi connectivity index (χ1n) is 9.81. The van der Waals surface area contributed by atoms with Crippen LogP contribution < -0.4 is 5.32 Å². The summed E-state index contributed by atoms with van der Waals surface area (Å²) in [4.78, 5) is 38.0. The number of nitrogens with one attached hydrogen (secondary N) is 1. The second kappa shape index (κ2) is 9.52. The van der Waals surface area contributed by atoms with Gasteiger partial charge in [-0.05, 0) is 43.4 Å². The zero-order chi connectivity index (χ0) is 20.9. The number of urea groups is 1. The Labute approximate surface area is 171 Å². The predicted molar refractivity (Wildman–Crippen MR) is 108 cm³/mol. The van der Waals surface area contributed by atoms with E-state index in [1.165, 1.54) is 0 Å². The number of amides is 3. The Morgan fingerprint density at radius 1 is 1.21 bits per heavy atom. The highest BCUT2D eigenvalue weighted by Gasteiger charge is 2.62. The van der Waals surface area contributed by atoms with Crippen LogP contribution in [0, 0.1) is 12.3 Å². The fraction of sp³-hybridized carbons (Fsp3) is 0.571. The molecule has 154 valence electrons. The van der Waals surface area contributed by atoms with E-state index in [9.17, 15) is 14.4 Å². The third-order valence-corrected chi connectivity index (χ3v) is 5.65. The van der Waals surface area contributed by atoms with Crippen molar-refractivity contribution >= 4 is 28.8 Å². The van der Waals surface area contributed by atoms with Gasteiger partial charge in [-0.15, -0.1) is 0 Å².